The van der Waals surface area contributed by atoms with Crippen LogP contribution in [0.25, 0.3) is 0 Å². The second-order valence-electron chi connectivity index (χ2n) is 5.29. The number of aromatic nitrogens is 1. The van der Waals surface area contributed by atoms with Crippen LogP contribution in [0.15, 0.2) is 18.3 Å². The van der Waals surface area contributed by atoms with Gasteiger partial charge in [-0.1, -0.05) is 13.8 Å². The van der Waals surface area contributed by atoms with Gasteiger partial charge in [-0.05, 0) is 42.9 Å². The summed E-state index contributed by atoms with van der Waals surface area (Å²) in [5, 5.41) is 9.17. The average molecular weight is 234 g/mol. The number of aliphatic hydroxyl groups is 1. The topological polar surface area (TPSA) is 36.4 Å². The van der Waals surface area contributed by atoms with Crippen molar-refractivity contribution in [1.29, 1.82) is 0 Å². The lowest BCUT2D eigenvalue weighted by atomic mass is 10.1. The van der Waals surface area contributed by atoms with Crippen molar-refractivity contribution in [3.05, 3.63) is 23.9 Å². The maximum Gasteiger partial charge on any atom is 0.129 e. The summed E-state index contributed by atoms with van der Waals surface area (Å²) in [4.78, 5) is 6.84. The molecule has 0 saturated heterocycles. The standard InChI is InChI=1S/C14H22N2O/c1-11(2)6-8-16(13-3-4-13)14-9-12(10-17)5-7-15-14/h5,7,9,11,13,17H,3-4,6,8,10H2,1-2H3. The van der Waals surface area contributed by atoms with E-state index in [2.05, 4.69) is 23.7 Å². The van der Waals surface area contributed by atoms with Gasteiger partial charge >= 0.3 is 0 Å². The van der Waals surface area contributed by atoms with Crippen molar-refractivity contribution in [1.82, 2.24) is 4.98 Å². The molecule has 0 radical (unpaired) electrons. The molecule has 1 saturated carbocycles. The Bertz CT molecular complexity index is 361. The van der Waals surface area contributed by atoms with Crippen LogP contribution in [0, 0.1) is 5.92 Å². The van der Waals surface area contributed by atoms with Crippen LogP contribution in [0.4, 0.5) is 5.82 Å². The van der Waals surface area contributed by atoms with Gasteiger partial charge in [-0.3, -0.25) is 0 Å². The largest absolute Gasteiger partial charge is 0.392 e. The quantitative estimate of drug-likeness (QED) is 0.822. The zero-order chi connectivity index (χ0) is 12.3. The van der Waals surface area contributed by atoms with Crippen LogP contribution in [0.3, 0.4) is 0 Å². The molecule has 0 spiro atoms. The second kappa shape index (κ2) is 5.50. The lowest BCUT2D eigenvalue weighted by Crippen LogP contribution is -2.28. The zero-order valence-electron chi connectivity index (χ0n) is 10.8. The van der Waals surface area contributed by atoms with E-state index in [1.807, 2.05) is 12.1 Å². The van der Waals surface area contributed by atoms with Crippen LogP contribution in [0.2, 0.25) is 0 Å². The third kappa shape index (κ3) is 3.43. The van der Waals surface area contributed by atoms with Crippen molar-refractivity contribution < 1.29 is 5.11 Å². The monoisotopic (exact) mass is 234 g/mol. The molecule has 1 aromatic heterocycles. The van der Waals surface area contributed by atoms with Gasteiger partial charge in [0.05, 0.1) is 6.61 Å². The maximum atomic E-state index is 9.17. The van der Waals surface area contributed by atoms with Crippen LogP contribution in [0.1, 0.15) is 38.7 Å². The summed E-state index contributed by atoms with van der Waals surface area (Å²) in [7, 11) is 0. The molecule has 1 aliphatic rings. The lowest BCUT2D eigenvalue weighted by Gasteiger charge is -2.24. The normalized spacial score (nSPS) is 15.3. The van der Waals surface area contributed by atoms with Crippen LogP contribution in [-0.4, -0.2) is 22.7 Å². The van der Waals surface area contributed by atoms with Crippen molar-refractivity contribution in [3.8, 4) is 0 Å². The summed E-state index contributed by atoms with van der Waals surface area (Å²) in [6.07, 6.45) is 5.55. The SMILES string of the molecule is CC(C)CCN(c1cc(CO)ccn1)C1CC1. The minimum Gasteiger partial charge on any atom is -0.392 e. The van der Waals surface area contributed by atoms with Crippen molar-refractivity contribution in [2.45, 2.75) is 45.8 Å². The molecule has 0 amide bonds. The highest BCUT2D eigenvalue weighted by atomic mass is 16.3. The minimum absolute atomic E-state index is 0.0954. The van der Waals surface area contributed by atoms with E-state index in [9.17, 15) is 0 Å². The van der Waals surface area contributed by atoms with Crippen LogP contribution in [0.5, 0.6) is 0 Å². The Balaban J connectivity index is 2.08. The first-order chi connectivity index (χ1) is 8.20. The van der Waals surface area contributed by atoms with Crippen molar-refractivity contribution in [2.75, 3.05) is 11.4 Å². The Labute approximate surface area is 103 Å². The first kappa shape index (κ1) is 12.4. The smallest absolute Gasteiger partial charge is 0.129 e. The summed E-state index contributed by atoms with van der Waals surface area (Å²) in [5.74, 6) is 1.75. The van der Waals surface area contributed by atoms with Crippen LogP contribution in [-0.2, 0) is 6.61 Å². The van der Waals surface area contributed by atoms with Crippen molar-refractivity contribution in [2.24, 2.45) is 5.92 Å². The molecule has 0 aromatic carbocycles. The lowest BCUT2D eigenvalue weighted by molar-refractivity contribution is 0.281. The minimum atomic E-state index is 0.0954. The number of hydrogen-bond acceptors (Lipinski definition) is 3. The fourth-order valence-corrected chi connectivity index (χ4v) is 1.98. The molecule has 3 heteroatoms. The Morgan fingerprint density at radius 3 is 2.82 bits per heavy atom. The van der Waals surface area contributed by atoms with Crippen molar-refractivity contribution >= 4 is 5.82 Å². The molecule has 1 aromatic rings. The molecule has 0 bridgehead atoms. The van der Waals surface area contributed by atoms with Gasteiger partial charge in [0.1, 0.15) is 5.82 Å². The fourth-order valence-electron chi connectivity index (χ4n) is 1.98. The summed E-state index contributed by atoms with van der Waals surface area (Å²) < 4.78 is 0. The zero-order valence-corrected chi connectivity index (χ0v) is 10.8. The highest BCUT2D eigenvalue weighted by Crippen LogP contribution is 2.31. The molecule has 1 N–H and O–H groups in total. The highest BCUT2D eigenvalue weighted by Gasteiger charge is 2.29. The summed E-state index contributed by atoms with van der Waals surface area (Å²) in [6.45, 7) is 5.67. The van der Waals surface area contributed by atoms with Gasteiger partial charge in [-0.2, -0.15) is 0 Å². The molecule has 0 atom stereocenters. The molecular formula is C14H22N2O. The summed E-state index contributed by atoms with van der Waals surface area (Å²) in [5.41, 5.74) is 0.949. The van der Waals surface area contributed by atoms with E-state index in [-0.39, 0.29) is 6.61 Å². The molecule has 1 heterocycles. The van der Waals surface area contributed by atoms with Gasteiger partial charge in [-0.25, -0.2) is 4.98 Å². The number of rotatable bonds is 6. The van der Waals surface area contributed by atoms with Gasteiger partial charge in [0.25, 0.3) is 0 Å². The van der Waals surface area contributed by atoms with E-state index < -0.39 is 0 Å². The summed E-state index contributed by atoms with van der Waals surface area (Å²) in [6, 6.07) is 4.56. The van der Waals surface area contributed by atoms with Gasteiger partial charge < -0.3 is 10.0 Å². The Hall–Kier alpha value is -1.09. The van der Waals surface area contributed by atoms with Gasteiger partial charge in [0.15, 0.2) is 0 Å². The van der Waals surface area contributed by atoms with Crippen molar-refractivity contribution in [3.63, 3.8) is 0 Å². The predicted octanol–water partition coefficient (Wildman–Crippen LogP) is 2.59. The van der Waals surface area contributed by atoms with Crippen LogP contribution >= 0.6 is 0 Å². The van der Waals surface area contributed by atoms with E-state index in [1.165, 1.54) is 19.3 Å². The molecular weight excluding hydrogens is 212 g/mol. The second-order valence-corrected chi connectivity index (χ2v) is 5.29. The molecule has 17 heavy (non-hydrogen) atoms. The maximum absolute atomic E-state index is 9.17. The van der Waals surface area contributed by atoms with E-state index >= 15 is 0 Å². The number of aliphatic hydroxyl groups excluding tert-OH is 1. The average Bonchev–Trinajstić information content (AvgIpc) is 3.14. The van der Waals surface area contributed by atoms with Crippen LogP contribution < -0.4 is 4.90 Å². The molecule has 1 fully saturated rings. The van der Waals surface area contributed by atoms with Gasteiger partial charge in [0, 0.05) is 18.8 Å². The first-order valence-electron chi connectivity index (χ1n) is 6.53. The number of nitrogens with zero attached hydrogens (tertiary/aromatic N) is 2. The van der Waals surface area contributed by atoms with E-state index in [4.69, 9.17) is 5.11 Å². The molecule has 0 unspecified atom stereocenters. The highest BCUT2D eigenvalue weighted by molar-refractivity contribution is 5.43. The third-order valence-electron chi connectivity index (χ3n) is 3.22. The van der Waals surface area contributed by atoms with E-state index in [1.54, 1.807) is 6.20 Å². The van der Waals surface area contributed by atoms with E-state index in [0.717, 1.165) is 23.8 Å². The Kier molecular flexibility index (Phi) is 4.00. The molecule has 2 rings (SSSR count). The predicted molar refractivity (Wildman–Crippen MR) is 70.0 cm³/mol. The molecule has 3 nitrogen and oxygen atoms in total. The third-order valence-corrected chi connectivity index (χ3v) is 3.22. The molecule has 0 aliphatic heterocycles. The number of pyridine rings is 1. The Morgan fingerprint density at radius 2 is 2.24 bits per heavy atom. The van der Waals surface area contributed by atoms with Gasteiger partial charge in [0.2, 0.25) is 0 Å². The molecule has 1 aliphatic carbocycles. The first-order valence-corrected chi connectivity index (χ1v) is 6.53. The number of anilines is 1. The van der Waals surface area contributed by atoms with Gasteiger partial charge in [-0.15, -0.1) is 0 Å². The number of hydrogen-bond donors (Lipinski definition) is 1. The summed E-state index contributed by atoms with van der Waals surface area (Å²) >= 11 is 0. The Morgan fingerprint density at radius 1 is 1.47 bits per heavy atom. The molecule has 94 valence electrons. The fraction of sp³-hybridized carbons (Fsp3) is 0.643. The van der Waals surface area contributed by atoms with E-state index in [0.29, 0.717) is 6.04 Å².